The zero-order chi connectivity index (χ0) is 21.8. The average Bonchev–Trinajstić information content (AvgIpc) is 2.82. The molecule has 1 unspecified atom stereocenters. The molecule has 0 bridgehead atoms. The SMILES string of the molecule is CCC(OC(=O)c1cc(-c2ccccc2)nc2ccc(Br)cc12)C(=O)c1ccccc1. The normalized spacial score (nSPS) is 11.8. The van der Waals surface area contributed by atoms with Gasteiger partial charge >= 0.3 is 5.97 Å². The molecular formula is C26H20BrNO3. The lowest BCUT2D eigenvalue weighted by Crippen LogP contribution is -2.27. The standard InChI is InChI=1S/C26H20BrNO3/c1-2-24(25(29)18-11-7-4-8-12-18)31-26(30)21-16-23(17-9-5-3-6-10-17)28-22-14-13-19(27)15-20(21)22/h3-16,24H,2H2,1H3. The van der Waals surface area contributed by atoms with Crippen molar-refractivity contribution in [1.29, 1.82) is 0 Å². The molecule has 31 heavy (non-hydrogen) atoms. The third kappa shape index (κ3) is 4.57. The number of Topliss-reactive ketones (excluding diaryl/α,β-unsaturated/α-hetero) is 1. The van der Waals surface area contributed by atoms with Gasteiger partial charge in [0, 0.05) is 21.0 Å². The quantitative estimate of drug-likeness (QED) is 0.237. The summed E-state index contributed by atoms with van der Waals surface area (Å²) in [4.78, 5) is 30.8. The smallest absolute Gasteiger partial charge is 0.339 e. The Labute approximate surface area is 189 Å². The molecule has 4 nitrogen and oxygen atoms in total. The lowest BCUT2D eigenvalue weighted by molar-refractivity contribution is 0.0279. The molecule has 0 saturated carbocycles. The molecule has 1 heterocycles. The average molecular weight is 474 g/mol. The molecular weight excluding hydrogens is 454 g/mol. The van der Waals surface area contributed by atoms with Gasteiger partial charge in [0.1, 0.15) is 0 Å². The van der Waals surface area contributed by atoms with Crippen molar-refractivity contribution in [3.8, 4) is 11.3 Å². The van der Waals surface area contributed by atoms with Crippen LogP contribution < -0.4 is 0 Å². The number of benzene rings is 3. The van der Waals surface area contributed by atoms with Gasteiger partial charge in [0.2, 0.25) is 5.78 Å². The van der Waals surface area contributed by atoms with Gasteiger partial charge in [-0.1, -0.05) is 83.5 Å². The summed E-state index contributed by atoms with van der Waals surface area (Å²) in [5.74, 6) is -0.752. The summed E-state index contributed by atoms with van der Waals surface area (Å²) in [7, 11) is 0. The Hall–Kier alpha value is -3.31. The molecule has 1 aromatic heterocycles. The number of esters is 1. The predicted molar refractivity (Wildman–Crippen MR) is 125 cm³/mol. The maximum atomic E-state index is 13.2. The van der Waals surface area contributed by atoms with E-state index in [1.165, 1.54) is 0 Å². The number of nitrogens with zero attached hydrogens (tertiary/aromatic N) is 1. The van der Waals surface area contributed by atoms with E-state index in [2.05, 4.69) is 15.9 Å². The third-order valence-corrected chi connectivity index (χ3v) is 5.52. The molecule has 0 radical (unpaired) electrons. The Morgan fingerprint density at radius 1 is 0.935 bits per heavy atom. The first kappa shape index (κ1) is 20.9. The fourth-order valence-electron chi connectivity index (χ4n) is 3.43. The van der Waals surface area contributed by atoms with Gasteiger partial charge in [-0.3, -0.25) is 4.79 Å². The Morgan fingerprint density at radius 3 is 2.29 bits per heavy atom. The Morgan fingerprint density at radius 2 is 1.61 bits per heavy atom. The summed E-state index contributed by atoms with van der Waals surface area (Å²) in [5.41, 5.74) is 3.15. The first-order valence-corrected chi connectivity index (χ1v) is 10.8. The molecule has 0 spiro atoms. The third-order valence-electron chi connectivity index (χ3n) is 5.03. The van der Waals surface area contributed by atoms with Crippen LogP contribution in [0.3, 0.4) is 0 Å². The minimum Gasteiger partial charge on any atom is -0.450 e. The minimum atomic E-state index is -0.856. The van der Waals surface area contributed by atoms with Crippen molar-refractivity contribution in [3.63, 3.8) is 0 Å². The van der Waals surface area contributed by atoms with Gasteiger partial charge in [-0.25, -0.2) is 9.78 Å². The van der Waals surface area contributed by atoms with Crippen LogP contribution in [0.15, 0.2) is 89.4 Å². The van der Waals surface area contributed by atoms with Gasteiger partial charge in [0.05, 0.1) is 16.8 Å². The van der Waals surface area contributed by atoms with E-state index >= 15 is 0 Å². The van der Waals surface area contributed by atoms with Crippen LogP contribution in [0.25, 0.3) is 22.2 Å². The van der Waals surface area contributed by atoms with E-state index < -0.39 is 12.1 Å². The molecule has 4 rings (SSSR count). The molecule has 0 aliphatic rings. The molecule has 0 fully saturated rings. The summed E-state index contributed by atoms with van der Waals surface area (Å²) in [6, 6.07) is 25.8. The van der Waals surface area contributed by atoms with Crippen molar-refractivity contribution in [2.75, 3.05) is 0 Å². The van der Waals surface area contributed by atoms with E-state index in [-0.39, 0.29) is 5.78 Å². The van der Waals surface area contributed by atoms with Crippen LogP contribution in [0.2, 0.25) is 0 Å². The van der Waals surface area contributed by atoms with Crippen LogP contribution in [0, 0.1) is 0 Å². The molecule has 5 heteroatoms. The van der Waals surface area contributed by atoms with Crippen molar-refractivity contribution < 1.29 is 14.3 Å². The van der Waals surface area contributed by atoms with E-state index in [4.69, 9.17) is 9.72 Å². The Bertz CT molecular complexity index is 1240. The number of carbonyl (C=O) groups excluding carboxylic acids is 2. The number of ether oxygens (including phenoxy) is 1. The molecule has 0 N–H and O–H groups in total. The van der Waals surface area contributed by atoms with Crippen LogP contribution >= 0.6 is 15.9 Å². The zero-order valence-corrected chi connectivity index (χ0v) is 18.5. The van der Waals surface area contributed by atoms with Crippen LogP contribution in [0.4, 0.5) is 0 Å². The van der Waals surface area contributed by atoms with E-state index in [0.29, 0.717) is 34.1 Å². The number of hydrogen-bond donors (Lipinski definition) is 0. The lowest BCUT2D eigenvalue weighted by atomic mass is 10.0. The molecule has 0 amide bonds. The van der Waals surface area contributed by atoms with Crippen LogP contribution in [-0.2, 0) is 4.74 Å². The van der Waals surface area contributed by atoms with Crippen molar-refractivity contribution in [1.82, 2.24) is 4.98 Å². The maximum absolute atomic E-state index is 13.2. The van der Waals surface area contributed by atoms with Crippen molar-refractivity contribution in [2.24, 2.45) is 0 Å². The summed E-state index contributed by atoms with van der Waals surface area (Å²) in [5, 5.41) is 0.668. The fraction of sp³-hybridized carbons (Fsp3) is 0.115. The van der Waals surface area contributed by atoms with Gasteiger partial charge in [-0.15, -0.1) is 0 Å². The van der Waals surface area contributed by atoms with Crippen LogP contribution in [0.5, 0.6) is 0 Å². The highest BCUT2D eigenvalue weighted by atomic mass is 79.9. The summed E-state index contributed by atoms with van der Waals surface area (Å²) < 4.78 is 6.54. The predicted octanol–water partition coefficient (Wildman–Crippen LogP) is 6.48. The Balaban J connectivity index is 1.74. The topological polar surface area (TPSA) is 56.3 Å². The van der Waals surface area contributed by atoms with E-state index in [0.717, 1.165) is 10.0 Å². The molecule has 1 atom stereocenters. The lowest BCUT2D eigenvalue weighted by Gasteiger charge is -2.17. The van der Waals surface area contributed by atoms with Crippen molar-refractivity contribution >= 4 is 38.6 Å². The first-order valence-electron chi connectivity index (χ1n) is 10.0. The summed E-state index contributed by atoms with van der Waals surface area (Å²) in [6.07, 6.45) is -0.469. The number of rotatable bonds is 6. The second-order valence-electron chi connectivity index (χ2n) is 7.12. The number of aromatic nitrogens is 1. The summed E-state index contributed by atoms with van der Waals surface area (Å²) in [6.45, 7) is 1.83. The van der Waals surface area contributed by atoms with Crippen molar-refractivity contribution in [3.05, 3.63) is 101 Å². The molecule has 154 valence electrons. The number of hydrogen-bond acceptors (Lipinski definition) is 4. The largest absolute Gasteiger partial charge is 0.450 e. The van der Waals surface area contributed by atoms with E-state index in [1.54, 1.807) is 30.3 Å². The van der Waals surface area contributed by atoms with Gasteiger partial charge in [-0.05, 0) is 30.7 Å². The van der Waals surface area contributed by atoms with E-state index in [9.17, 15) is 9.59 Å². The monoisotopic (exact) mass is 473 g/mol. The zero-order valence-electron chi connectivity index (χ0n) is 16.9. The summed E-state index contributed by atoms with van der Waals surface area (Å²) >= 11 is 3.46. The van der Waals surface area contributed by atoms with Gasteiger partial charge in [-0.2, -0.15) is 0 Å². The number of pyridine rings is 1. The highest BCUT2D eigenvalue weighted by molar-refractivity contribution is 9.10. The number of fused-ring (bicyclic) bond motifs is 1. The second-order valence-corrected chi connectivity index (χ2v) is 8.03. The molecule has 0 saturated heterocycles. The van der Waals surface area contributed by atoms with Gasteiger partial charge in [0.25, 0.3) is 0 Å². The second kappa shape index (κ2) is 9.23. The van der Waals surface area contributed by atoms with E-state index in [1.807, 2.05) is 61.5 Å². The van der Waals surface area contributed by atoms with Gasteiger partial charge < -0.3 is 4.74 Å². The van der Waals surface area contributed by atoms with Crippen LogP contribution in [0.1, 0.15) is 34.1 Å². The number of carbonyl (C=O) groups is 2. The highest BCUT2D eigenvalue weighted by Gasteiger charge is 2.25. The van der Waals surface area contributed by atoms with Crippen LogP contribution in [-0.4, -0.2) is 22.8 Å². The maximum Gasteiger partial charge on any atom is 0.339 e. The molecule has 0 aliphatic heterocycles. The number of halogens is 1. The minimum absolute atomic E-state index is 0.209. The molecule has 4 aromatic rings. The first-order chi connectivity index (χ1) is 15.1. The molecule has 3 aromatic carbocycles. The fourth-order valence-corrected chi connectivity index (χ4v) is 3.79. The molecule has 0 aliphatic carbocycles. The van der Waals surface area contributed by atoms with Crippen molar-refractivity contribution in [2.45, 2.75) is 19.4 Å². The highest BCUT2D eigenvalue weighted by Crippen LogP contribution is 2.28. The Kier molecular flexibility index (Phi) is 6.23. The number of ketones is 1. The van der Waals surface area contributed by atoms with Gasteiger partial charge in [0.15, 0.2) is 6.10 Å².